The lowest BCUT2D eigenvalue weighted by Crippen LogP contribution is -2.15. The zero-order chi connectivity index (χ0) is 22.6. The van der Waals surface area contributed by atoms with Crippen LogP contribution in [0.2, 0.25) is 0 Å². The normalized spacial score (nSPS) is 11.3. The van der Waals surface area contributed by atoms with Gasteiger partial charge in [-0.25, -0.2) is 8.42 Å². The summed E-state index contributed by atoms with van der Waals surface area (Å²) in [6.07, 6.45) is 0. The first-order valence-corrected chi connectivity index (χ1v) is 11.7. The molecule has 4 rings (SSSR count). The fourth-order valence-electron chi connectivity index (χ4n) is 2.66. The molecule has 11 nitrogen and oxygen atoms in total. The quantitative estimate of drug-likeness (QED) is 0.370. The van der Waals surface area contributed by atoms with E-state index in [0.29, 0.717) is 16.6 Å². The van der Waals surface area contributed by atoms with Gasteiger partial charge in [-0.3, -0.25) is 9.52 Å². The van der Waals surface area contributed by atoms with Gasteiger partial charge < -0.3 is 9.84 Å². The van der Waals surface area contributed by atoms with E-state index < -0.39 is 10.0 Å². The van der Waals surface area contributed by atoms with Crippen molar-refractivity contribution in [3.05, 3.63) is 66.4 Å². The number of rotatable bonds is 8. The van der Waals surface area contributed by atoms with Crippen molar-refractivity contribution in [3.63, 3.8) is 0 Å². The van der Waals surface area contributed by atoms with E-state index in [2.05, 4.69) is 30.7 Å². The first kappa shape index (κ1) is 21.5. The first-order valence-electron chi connectivity index (χ1n) is 9.23. The molecule has 0 spiro atoms. The highest BCUT2D eigenvalue weighted by Gasteiger charge is 2.17. The zero-order valence-corrected chi connectivity index (χ0v) is 18.3. The van der Waals surface area contributed by atoms with E-state index in [-0.39, 0.29) is 22.4 Å². The molecule has 13 heteroatoms. The second-order valence-electron chi connectivity index (χ2n) is 6.50. The molecule has 1 amide bonds. The number of aryl methyl sites for hydroxylation is 1. The second kappa shape index (κ2) is 9.20. The number of thioether (sulfide) groups is 1. The Bertz CT molecular complexity index is 1320. The number of nitrogens with one attached hydrogen (secondary N) is 2. The Kier molecular flexibility index (Phi) is 6.18. The van der Waals surface area contributed by atoms with Crippen LogP contribution in [0.25, 0.3) is 5.69 Å². The Morgan fingerprint density at radius 3 is 2.56 bits per heavy atom. The number of hydrogen-bond donors (Lipinski definition) is 2. The molecule has 0 aliphatic heterocycles. The van der Waals surface area contributed by atoms with Gasteiger partial charge in [0, 0.05) is 11.8 Å². The molecule has 0 radical (unpaired) electrons. The third kappa shape index (κ3) is 5.12. The average molecular weight is 472 g/mol. The maximum Gasteiger partial charge on any atom is 0.263 e. The Labute approximate surface area is 187 Å². The number of carbonyl (C=O) groups is 1. The molecule has 4 aromatic rings. The highest BCUT2D eigenvalue weighted by atomic mass is 32.2. The summed E-state index contributed by atoms with van der Waals surface area (Å²) >= 11 is 1.18. The standard InChI is InChI=1S/C19H17N7O4S2/c1-13-11-17(22-30-13)23-32(28,29)16-9-7-14(8-10-16)20-18(27)12-31-19-21-24-25-26(19)15-5-3-2-4-6-15/h2-11H,12H2,1H3,(H,20,27)(H,22,23). The fraction of sp³-hybridized carbons (Fsp3) is 0.105. The summed E-state index contributed by atoms with van der Waals surface area (Å²) in [5, 5.41) is 18.3. The molecular weight excluding hydrogens is 454 g/mol. The number of sulfonamides is 1. The number of carbonyl (C=O) groups excluding carboxylic acids is 1. The van der Waals surface area contributed by atoms with E-state index in [0.717, 1.165) is 5.69 Å². The Balaban J connectivity index is 1.35. The predicted molar refractivity (Wildman–Crippen MR) is 117 cm³/mol. The number of tetrazole rings is 1. The summed E-state index contributed by atoms with van der Waals surface area (Å²) in [6.45, 7) is 1.66. The lowest BCUT2D eigenvalue weighted by atomic mass is 10.3. The Morgan fingerprint density at radius 1 is 1.12 bits per heavy atom. The molecule has 0 saturated carbocycles. The summed E-state index contributed by atoms with van der Waals surface area (Å²) in [7, 11) is -3.83. The Morgan fingerprint density at radius 2 is 1.88 bits per heavy atom. The van der Waals surface area contributed by atoms with Crippen molar-refractivity contribution in [1.29, 1.82) is 0 Å². The van der Waals surface area contributed by atoms with E-state index in [1.165, 1.54) is 42.1 Å². The summed E-state index contributed by atoms with van der Waals surface area (Å²) in [5.41, 5.74) is 1.24. The van der Waals surface area contributed by atoms with Gasteiger partial charge in [0.25, 0.3) is 10.0 Å². The van der Waals surface area contributed by atoms with Crippen molar-refractivity contribution >= 4 is 39.2 Å². The molecule has 0 atom stereocenters. The minimum absolute atomic E-state index is 0.0209. The molecule has 0 unspecified atom stereocenters. The summed E-state index contributed by atoms with van der Waals surface area (Å²) in [4.78, 5) is 12.3. The molecular formula is C19H17N7O4S2. The van der Waals surface area contributed by atoms with Gasteiger partial charge in [0.05, 0.1) is 16.3 Å². The van der Waals surface area contributed by atoms with Gasteiger partial charge in [0.2, 0.25) is 11.1 Å². The molecule has 0 saturated heterocycles. The minimum atomic E-state index is -3.83. The van der Waals surface area contributed by atoms with Crippen molar-refractivity contribution in [3.8, 4) is 5.69 Å². The fourth-order valence-corrected chi connectivity index (χ4v) is 4.33. The number of para-hydroxylation sites is 1. The van der Waals surface area contributed by atoms with E-state index in [1.807, 2.05) is 30.3 Å². The summed E-state index contributed by atoms with van der Waals surface area (Å²) in [6, 6.07) is 16.6. The van der Waals surface area contributed by atoms with Gasteiger partial charge in [-0.1, -0.05) is 35.1 Å². The van der Waals surface area contributed by atoms with Crippen LogP contribution in [0.4, 0.5) is 11.5 Å². The van der Waals surface area contributed by atoms with E-state index in [4.69, 9.17) is 4.52 Å². The van der Waals surface area contributed by atoms with Crippen LogP contribution in [-0.2, 0) is 14.8 Å². The molecule has 2 aromatic carbocycles. The van der Waals surface area contributed by atoms with Gasteiger partial charge in [-0.05, 0) is 53.7 Å². The molecule has 2 heterocycles. The van der Waals surface area contributed by atoms with Crippen LogP contribution in [0.3, 0.4) is 0 Å². The third-order valence-electron chi connectivity index (χ3n) is 4.09. The number of hydrogen-bond acceptors (Lipinski definition) is 9. The van der Waals surface area contributed by atoms with E-state index in [9.17, 15) is 13.2 Å². The summed E-state index contributed by atoms with van der Waals surface area (Å²) in [5.74, 6) is 0.357. The third-order valence-corrected chi connectivity index (χ3v) is 6.38. The van der Waals surface area contributed by atoms with Crippen LogP contribution in [0.15, 0.2) is 75.2 Å². The molecule has 0 bridgehead atoms. The first-order chi connectivity index (χ1) is 15.4. The van der Waals surface area contributed by atoms with Gasteiger partial charge in [0.1, 0.15) is 5.76 Å². The maximum absolute atomic E-state index is 12.4. The van der Waals surface area contributed by atoms with Crippen LogP contribution in [0.5, 0.6) is 0 Å². The van der Waals surface area contributed by atoms with Gasteiger partial charge in [-0.2, -0.15) is 4.68 Å². The molecule has 164 valence electrons. The number of benzene rings is 2. The van der Waals surface area contributed by atoms with Crippen LogP contribution in [0, 0.1) is 6.92 Å². The SMILES string of the molecule is Cc1cc(NS(=O)(=O)c2ccc(NC(=O)CSc3nnnn3-c3ccccc3)cc2)no1. The number of aromatic nitrogens is 5. The van der Waals surface area contributed by atoms with Crippen LogP contribution in [0.1, 0.15) is 5.76 Å². The molecule has 32 heavy (non-hydrogen) atoms. The van der Waals surface area contributed by atoms with Crippen LogP contribution < -0.4 is 10.0 Å². The Hall–Kier alpha value is -3.71. The van der Waals surface area contributed by atoms with Crippen molar-refractivity contribution in [2.24, 2.45) is 0 Å². The highest BCUT2D eigenvalue weighted by Crippen LogP contribution is 2.20. The lowest BCUT2D eigenvalue weighted by Gasteiger charge is -2.08. The second-order valence-corrected chi connectivity index (χ2v) is 9.12. The van der Waals surface area contributed by atoms with Gasteiger partial charge in [0.15, 0.2) is 5.82 Å². The minimum Gasteiger partial charge on any atom is -0.360 e. The molecule has 2 N–H and O–H groups in total. The smallest absolute Gasteiger partial charge is 0.263 e. The van der Waals surface area contributed by atoms with Crippen molar-refractivity contribution in [2.75, 3.05) is 15.8 Å². The largest absolute Gasteiger partial charge is 0.360 e. The van der Waals surface area contributed by atoms with Gasteiger partial charge in [-0.15, -0.1) is 5.10 Å². The van der Waals surface area contributed by atoms with Crippen LogP contribution >= 0.6 is 11.8 Å². The molecule has 0 fully saturated rings. The predicted octanol–water partition coefficient (Wildman–Crippen LogP) is 2.49. The van der Waals surface area contributed by atoms with Gasteiger partial charge >= 0.3 is 0 Å². The lowest BCUT2D eigenvalue weighted by molar-refractivity contribution is -0.113. The average Bonchev–Trinajstić information content (AvgIpc) is 3.41. The van der Waals surface area contributed by atoms with Crippen molar-refractivity contribution in [1.82, 2.24) is 25.4 Å². The van der Waals surface area contributed by atoms with E-state index in [1.54, 1.807) is 11.6 Å². The van der Waals surface area contributed by atoms with E-state index >= 15 is 0 Å². The molecule has 0 aliphatic carbocycles. The zero-order valence-electron chi connectivity index (χ0n) is 16.7. The maximum atomic E-state index is 12.4. The van der Waals surface area contributed by atoms with Crippen molar-refractivity contribution in [2.45, 2.75) is 17.0 Å². The number of anilines is 2. The molecule has 2 aromatic heterocycles. The monoisotopic (exact) mass is 471 g/mol. The topological polar surface area (TPSA) is 145 Å². The van der Waals surface area contributed by atoms with Crippen LogP contribution in [-0.4, -0.2) is 45.4 Å². The highest BCUT2D eigenvalue weighted by molar-refractivity contribution is 7.99. The molecule has 0 aliphatic rings. The number of nitrogens with zero attached hydrogens (tertiary/aromatic N) is 5. The summed E-state index contributed by atoms with van der Waals surface area (Å²) < 4.78 is 33.6. The number of amides is 1. The van der Waals surface area contributed by atoms with Crippen molar-refractivity contribution < 1.29 is 17.7 Å².